The molecule has 1 amide bonds. The van der Waals surface area contributed by atoms with Crippen LogP contribution in [0.4, 0.5) is 0 Å². The first kappa shape index (κ1) is 15.9. The van der Waals surface area contributed by atoms with Crippen molar-refractivity contribution in [2.75, 3.05) is 20.1 Å². The lowest BCUT2D eigenvalue weighted by molar-refractivity contribution is 0.0912. The third kappa shape index (κ3) is 3.44. The lowest BCUT2D eigenvalue weighted by atomic mass is 10.0. The lowest BCUT2D eigenvalue weighted by Gasteiger charge is -2.30. The summed E-state index contributed by atoms with van der Waals surface area (Å²) < 4.78 is 0. The van der Waals surface area contributed by atoms with Gasteiger partial charge in [-0.15, -0.1) is 0 Å². The molecule has 1 fully saturated rings. The zero-order valence-electron chi connectivity index (χ0n) is 14.5. The van der Waals surface area contributed by atoms with Crippen molar-refractivity contribution in [2.45, 2.75) is 18.9 Å². The van der Waals surface area contributed by atoms with Crippen molar-refractivity contribution < 1.29 is 4.79 Å². The molecule has 1 unspecified atom stereocenters. The molecule has 2 heterocycles. The molecule has 1 saturated heterocycles. The fourth-order valence-corrected chi connectivity index (χ4v) is 3.63. The summed E-state index contributed by atoms with van der Waals surface area (Å²) in [4.78, 5) is 18.1. The number of fused-ring (bicyclic) bond motifs is 1. The van der Waals surface area contributed by atoms with Crippen LogP contribution in [0.2, 0.25) is 0 Å². The minimum Gasteiger partial charge on any atom is -0.361 e. The van der Waals surface area contributed by atoms with E-state index in [0.717, 1.165) is 48.1 Å². The Hall–Kier alpha value is -2.59. The quantitative estimate of drug-likeness (QED) is 0.768. The largest absolute Gasteiger partial charge is 0.361 e. The van der Waals surface area contributed by atoms with Crippen LogP contribution >= 0.6 is 0 Å². The second kappa shape index (κ2) is 6.73. The number of likely N-dealkylation sites (tertiary alicyclic amines) is 1. The monoisotopic (exact) mass is 333 g/mol. The SMILES string of the molecule is CN1CCCC(NC(=O)c2cccc(-c3ccc4[nH]ccc4c3)c2)C1. The average Bonchev–Trinajstić information content (AvgIpc) is 3.09. The maximum absolute atomic E-state index is 12.6. The number of nitrogens with zero attached hydrogens (tertiary/aromatic N) is 1. The number of amides is 1. The minimum absolute atomic E-state index is 0.0184. The molecule has 1 aliphatic rings. The first-order valence-corrected chi connectivity index (χ1v) is 8.86. The Bertz CT molecular complexity index is 899. The van der Waals surface area contributed by atoms with Gasteiger partial charge in [-0.2, -0.15) is 0 Å². The van der Waals surface area contributed by atoms with E-state index in [1.807, 2.05) is 24.4 Å². The molecule has 0 radical (unpaired) electrons. The number of hydrogen-bond acceptors (Lipinski definition) is 2. The number of likely N-dealkylation sites (N-methyl/N-ethyl adjacent to an activating group) is 1. The number of aromatic amines is 1. The molecule has 0 spiro atoms. The molecule has 2 aromatic carbocycles. The maximum atomic E-state index is 12.6. The highest BCUT2D eigenvalue weighted by molar-refractivity contribution is 5.96. The van der Waals surface area contributed by atoms with Crippen LogP contribution < -0.4 is 5.32 Å². The number of aromatic nitrogens is 1. The Morgan fingerprint density at radius 1 is 1.16 bits per heavy atom. The first-order chi connectivity index (χ1) is 12.2. The summed E-state index contributed by atoms with van der Waals surface area (Å²) in [6, 6.07) is 16.5. The van der Waals surface area contributed by atoms with Crippen LogP contribution in [0.25, 0.3) is 22.0 Å². The van der Waals surface area contributed by atoms with Crippen molar-refractivity contribution in [3.8, 4) is 11.1 Å². The van der Waals surface area contributed by atoms with E-state index >= 15 is 0 Å². The Balaban J connectivity index is 1.55. The van der Waals surface area contributed by atoms with Gasteiger partial charge in [0, 0.05) is 29.9 Å². The fraction of sp³-hybridized carbons (Fsp3) is 0.286. The number of nitrogens with one attached hydrogen (secondary N) is 2. The molecule has 4 heteroatoms. The molecule has 3 aromatic rings. The van der Waals surface area contributed by atoms with Crippen molar-refractivity contribution in [1.29, 1.82) is 0 Å². The summed E-state index contributed by atoms with van der Waals surface area (Å²) in [6.45, 7) is 2.04. The van der Waals surface area contributed by atoms with Gasteiger partial charge in [0.25, 0.3) is 5.91 Å². The summed E-state index contributed by atoms with van der Waals surface area (Å²) >= 11 is 0. The molecule has 0 bridgehead atoms. The highest BCUT2D eigenvalue weighted by Crippen LogP contribution is 2.25. The van der Waals surface area contributed by atoms with Crippen LogP contribution in [0, 0.1) is 0 Å². The predicted molar refractivity (Wildman–Crippen MR) is 102 cm³/mol. The van der Waals surface area contributed by atoms with Gasteiger partial charge in [-0.1, -0.05) is 18.2 Å². The van der Waals surface area contributed by atoms with Gasteiger partial charge in [-0.05, 0) is 73.3 Å². The number of benzene rings is 2. The van der Waals surface area contributed by atoms with E-state index in [9.17, 15) is 4.79 Å². The molecule has 0 aliphatic carbocycles. The van der Waals surface area contributed by atoms with Crippen LogP contribution in [0.15, 0.2) is 54.7 Å². The standard InChI is InChI=1S/C21H23N3O/c1-24-11-3-6-19(14-24)23-21(25)18-5-2-4-15(13-18)16-7-8-20-17(12-16)9-10-22-20/h2,4-5,7-10,12-13,19,22H,3,6,11,14H2,1H3,(H,23,25). The summed E-state index contributed by atoms with van der Waals surface area (Å²) in [5.74, 6) is 0.0184. The Labute approximate surface area is 147 Å². The predicted octanol–water partition coefficient (Wildman–Crippen LogP) is 3.66. The van der Waals surface area contributed by atoms with Gasteiger partial charge >= 0.3 is 0 Å². The van der Waals surface area contributed by atoms with Crippen molar-refractivity contribution in [3.05, 3.63) is 60.3 Å². The van der Waals surface area contributed by atoms with E-state index in [1.165, 1.54) is 5.39 Å². The van der Waals surface area contributed by atoms with Crippen LogP contribution in [0.5, 0.6) is 0 Å². The Morgan fingerprint density at radius 2 is 2.04 bits per heavy atom. The summed E-state index contributed by atoms with van der Waals surface area (Å²) in [5.41, 5.74) is 4.04. The zero-order valence-corrected chi connectivity index (χ0v) is 14.5. The van der Waals surface area contributed by atoms with E-state index in [0.29, 0.717) is 0 Å². The lowest BCUT2D eigenvalue weighted by Crippen LogP contribution is -2.46. The molecule has 4 nitrogen and oxygen atoms in total. The summed E-state index contributed by atoms with van der Waals surface area (Å²) in [5, 5.41) is 4.36. The first-order valence-electron chi connectivity index (χ1n) is 8.86. The third-order valence-electron chi connectivity index (χ3n) is 4.97. The second-order valence-corrected chi connectivity index (χ2v) is 6.94. The van der Waals surface area contributed by atoms with Crippen LogP contribution in [0.3, 0.4) is 0 Å². The molecule has 128 valence electrons. The van der Waals surface area contributed by atoms with E-state index < -0.39 is 0 Å². The van der Waals surface area contributed by atoms with Gasteiger partial charge in [-0.3, -0.25) is 4.79 Å². The normalized spacial score (nSPS) is 18.4. The van der Waals surface area contributed by atoms with Crippen LogP contribution in [-0.4, -0.2) is 42.0 Å². The van der Waals surface area contributed by atoms with Crippen molar-refractivity contribution in [2.24, 2.45) is 0 Å². The Morgan fingerprint density at radius 3 is 2.92 bits per heavy atom. The zero-order chi connectivity index (χ0) is 17.2. The van der Waals surface area contributed by atoms with Crippen LogP contribution in [-0.2, 0) is 0 Å². The summed E-state index contributed by atoms with van der Waals surface area (Å²) in [7, 11) is 2.11. The van der Waals surface area contributed by atoms with E-state index in [1.54, 1.807) is 0 Å². The molecular weight excluding hydrogens is 310 g/mol. The fourth-order valence-electron chi connectivity index (χ4n) is 3.63. The Kier molecular flexibility index (Phi) is 4.28. The van der Waals surface area contributed by atoms with Crippen molar-refractivity contribution in [1.82, 2.24) is 15.2 Å². The van der Waals surface area contributed by atoms with Gasteiger partial charge in [0.05, 0.1) is 0 Å². The van der Waals surface area contributed by atoms with E-state index in [-0.39, 0.29) is 11.9 Å². The van der Waals surface area contributed by atoms with Gasteiger partial charge in [0.1, 0.15) is 0 Å². The molecule has 1 aromatic heterocycles. The number of carbonyl (C=O) groups excluding carboxylic acids is 1. The maximum Gasteiger partial charge on any atom is 0.251 e. The molecule has 1 aliphatic heterocycles. The van der Waals surface area contributed by atoms with Crippen molar-refractivity contribution >= 4 is 16.8 Å². The molecular formula is C21H23N3O. The van der Waals surface area contributed by atoms with E-state index in [4.69, 9.17) is 0 Å². The van der Waals surface area contributed by atoms with Crippen molar-refractivity contribution in [3.63, 3.8) is 0 Å². The van der Waals surface area contributed by atoms with Gasteiger partial charge in [0.2, 0.25) is 0 Å². The number of H-pyrrole nitrogens is 1. The molecule has 0 saturated carbocycles. The molecule has 2 N–H and O–H groups in total. The molecule has 1 atom stereocenters. The highest BCUT2D eigenvalue weighted by atomic mass is 16.1. The van der Waals surface area contributed by atoms with Gasteiger partial charge in [-0.25, -0.2) is 0 Å². The topological polar surface area (TPSA) is 48.1 Å². The average molecular weight is 333 g/mol. The van der Waals surface area contributed by atoms with Crippen LogP contribution in [0.1, 0.15) is 23.2 Å². The number of hydrogen-bond donors (Lipinski definition) is 2. The minimum atomic E-state index is 0.0184. The number of rotatable bonds is 3. The highest BCUT2D eigenvalue weighted by Gasteiger charge is 2.19. The summed E-state index contributed by atoms with van der Waals surface area (Å²) in [6.07, 6.45) is 4.14. The van der Waals surface area contributed by atoms with Gasteiger partial charge < -0.3 is 15.2 Å². The smallest absolute Gasteiger partial charge is 0.251 e. The van der Waals surface area contributed by atoms with E-state index in [2.05, 4.69) is 52.6 Å². The molecule has 4 rings (SSSR count). The molecule has 25 heavy (non-hydrogen) atoms. The van der Waals surface area contributed by atoms with Gasteiger partial charge in [0.15, 0.2) is 0 Å². The number of piperidine rings is 1. The number of carbonyl (C=O) groups is 1. The second-order valence-electron chi connectivity index (χ2n) is 6.94. The third-order valence-corrected chi connectivity index (χ3v) is 4.97.